The van der Waals surface area contributed by atoms with Gasteiger partial charge in [-0.25, -0.2) is 0 Å². The minimum atomic E-state index is -0.285. The second kappa shape index (κ2) is 9.21. The largest absolute Gasteiger partial charge is 0.494 e. The Morgan fingerprint density at radius 1 is 1.07 bits per heavy atom. The van der Waals surface area contributed by atoms with Crippen LogP contribution in [0.4, 0.5) is 11.4 Å². The van der Waals surface area contributed by atoms with Crippen molar-refractivity contribution in [3.8, 4) is 5.75 Å². The van der Waals surface area contributed by atoms with Gasteiger partial charge in [0.05, 0.1) is 17.7 Å². The van der Waals surface area contributed by atoms with E-state index in [9.17, 15) is 9.59 Å². The predicted octanol–water partition coefficient (Wildman–Crippen LogP) is 5.31. The lowest BCUT2D eigenvalue weighted by Crippen LogP contribution is -2.12. The number of rotatable bonds is 6. The fourth-order valence-electron chi connectivity index (χ4n) is 2.39. The zero-order valence-corrected chi connectivity index (χ0v) is 16.5. The average molecular weight is 413 g/mol. The quantitative estimate of drug-likeness (QED) is 0.539. The molecule has 0 bridgehead atoms. The smallest absolute Gasteiger partial charge is 0.265 e. The molecule has 28 heavy (non-hydrogen) atoms. The van der Waals surface area contributed by atoms with Crippen LogP contribution >= 0.6 is 22.9 Å². The molecule has 0 radical (unpaired) electrons. The van der Waals surface area contributed by atoms with E-state index in [4.69, 9.17) is 16.3 Å². The highest BCUT2D eigenvalue weighted by molar-refractivity contribution is 7.12. The molecule has 1 heterocycles. The first-order chi connectivity index (χ1) is 13.5. The van der Waals surface area contributed by atoms with Crippen molar-refractivity contribution >= 4 is 52.2 Å². The number of methoxy groups -OCH3 is 1. The summed E-state index contributed by atoms with van der Waals surface area (Å²) in [5.41, 5.74) is 1.94. The maximum atomic E-state index is 12.2. The molecule has 0 atom stereocenters. The molecule has 0 fully saturated rings. The van der Waals surface area contributed by atoms with Gasteiger partial charge in [-0.1, -0.05) is 29.8 Å². The first kappa shape index (κ1) is 19.7. The van der Waals surface area contributed by atoms with Gasteiger partial charge in [-0.3, -0.25) is 9.59 Å². The third-order valence-corrected chi connectivity index (χ3v) is 4.88. The fraction of sp³-hybridized carbons (Fsp3) is 0.0476. The molecule has 0 saturated carbocycles. The van der Waals surface area contributed by atoms with Crippen LogP contribution < -0.4 is 15.4 Å². The predicted molar refractivity (Wildman–Crippen MR) is 114 cm³/mol. The number of hydrogen-bond donors (Lipinski definition) is 2. The molecule has 3 rings (SSSR count). The zero-order valence-electron chi connectivity index (χ0n) is 14.9. The summed E-state index contributed by atoms with van der Waals surface area (Å²) in [5, 5.41) is 8.04. The molecular formula is C21H17ClN2O3S. The van der Waals surface area contributed by atoms with Gasteiger partial charge in [0.25, 0.3) is 5.91 Å². The summed E-state index contributed by atoms with van der Waals surface area (Å²) in [6.45, 7) is 0. The number of carbonyl (C=O) groups excluding carboxylic acids is 2. The van der Waals surface area contributed by atoms with Gasteiger partial charge in [-0.2, -0.15) is 0 Å². The highest BCUT2D eigenvalue weighted by Crippen LogP contribution is 2.29. The Morgan fingerprint density at radius 2 is 1.86 bits per heavy atom. The van der Waals surface area contributed by atoms with E-state index >= 15 is 0 Å². The Hall–Kier alpha value is -3.09. The first-order valence-corrected chi connectivity index (χ1v) is 9.58. The van der Waals surface area contributed by atoms with Crippen molar-refractivity contribution in [2.24, 2.45) is 0 Å². The van der Waals surface area contributed by atoms with E-state index in [2.05, 4.69) is 10.6 Å². The lowest BCUT2D eigenvalue weighted by molar-refractivity contribution is -0.111. The van der Waals surface area contributed by atoms with Crippen LogP contribution in [0.15, 0.2) is 66.1 Å². The van der Waals surface area contributed by atoms with Crippen LogP contribution in [-0.4, -0.2) is 18.9 Å². The van der Waals surface area contributed by atoms with Gasteiger partial charge in [0.2, 0.25) is 5.91 Å². The molecule has 0 unspecified atom stereocenters. The van der Waals surface area contributed by atoms with Gasteiger partial charge in [0.15, 0.2) is 0 Å². The number of hydrogen-bond acceptors (Lipinski definition) is 4. The number of halogens is 1. The molecule has 5 nitrogen and oxygen atoms in total. The maximum absolute atomic E-state index is 12.2. The Kier molecular flexibility index (Phi) is 6.47. The molecule has 0 saturated heterocycles. The van der Waals surface area contributed by atoms with Gasteiger partial charge in [-0.05, 0) is 47.4 Å². The molecule has 0 aliphatic rings. The van der Waals surface area contributed by atoms with Crippen LogP contribution in [0.2, 0.25) is 5.02 Å². The summed E-state index contributed by atoms with van der Waals surface area (Å²) in [4.78, 5) is 24.9. The molecule has 1 aromatic heterocycles. The van der Waals surface area contributed by atoms with Crippen LogP contribution in [0, 0.1) is 0 Å². The number of benzene rings is 2. The van der Waals surface area contributed by atoms with Crippen molar-refractivity contribution in [2.45, 2.75) is 0 Å². The summed E-state index contributed by atoms with van der Waals surface area (Å²) in [7, 11) is 1.50. The Bertz CT molecular complexity index is 999. The molecule has 2 aromatic carbocycles. The Labute approximate surface area is 171 Å². The maximum Gasteiger partial charge on any atom is 0.265 e. The molecular weight excluding hydrogens is 396 g/mol. The fourth-order valence-corrected chi connectivity index (χ4v) is 3.14. The van der Waals surface area contributed by atoms with Crippen molar-refractivity contribution in [1.82, 2.24) is 0 Å². The van der Waals surface area contributed by atoms with E-state index in [1.807, 2.05) is 23.6 Å². The minimum Gasteiger partial charge on any atom is -0.494 e. The SMILES string of the molecule is COc1cc(NC(=O)/C=C/c2ccc(Cl)cc2)ccc1NC(=O)c1cccs1. The van der Waals surface area contributed by atoms with Gasteiger partial charge in [-0.15, -0.1) is 11.3 Å². The minimum absolute atomic E-state index is 0.212. The van der Waals surface area contributed by atoms with Crippen molar-refractivity contribution < 1.29 is 14.3 Å². The number of carbonyl (C=O) groups is 2. The summed E-state index contributed by atoms with van der Waals surface area (Å²) in [6.07, 6.45) is 3.13. The summed E-state index contributed by atoms with van der Waals surface area (Å²) in [5.74, 6) is -0.0484. The average Bonchev–Trinajstić information content (AvgIpc) is 3.23. The van der Waals surface area contributed by atoms with E-state index < -0.39 is 0 Å². The first-order valence-electron chi connectivity index (χ1n) is 8.32. The van der Waals surface area contributed by atoms with Crippen molar-refractivity contribution in [3.05, 3.63) is 81.5 Å². The molecule has 0 aliphatic carbocycles. The normalized spacial score (nSPS) is 10.6. The molecule has 3 aromatic rings. The van der Waals surface area contributed by atoms with E-state index in [-0.39, 0.29) is 11.8 Å². The van der Waals surface area contributed by atoms with Gasteiger partial charge >= 0.3 is 0 Å². The van der Waals surface area contributed by atoms with E-state index in [0.29, 0.717) is 27.0 Å². The van der Waals surface area contributed by atoms with Crippen LogP contribution in [-0.2, 0) is 4.79 Å². The van der Waals surface area contributed by atoms with Crippen LogP contribution in [0.5, 0.6) is 5.75 Å². The van der Waals surface area contributed by atoms with E-state index in [0.717, 1.165) is 5.56 Å². The highest BCUT2D eigenvalue weighted by Gasteiger charge is 2.11. The molecule has 142 valence electrons. The lowest BCUT2D eigenvalue weighted by atomic mass is 10.2. The second-order valence-electron chi connectivity index (χ2n) is 5.72. The van der Waals surface area contributed by atoms with Gasteiger partial charge < -0.3 is 15.4 Å². The van der Waals surface area contributed by atoms with Crippen molar-refractivity contribution in [3.63, 3.8) is 0 Å². The van der Waals surface area contributed by atoms with Crippen molar-refractivity contribution in [1.29, 1.82) is 0 Å². The Morgan fingerprint density at radius 3 is 2.54 bits per heavy atom. The van der Waals surface area contributed by atoms with E-state index in [1.54, 1.807) is 42.5 Å². The van der Waals surface area contributed by atoms with Crippen LogP contribution in [0.25, 0.3) is 6.08 Å². The zero-order chi connectivity index (χ0) is 19.9. The number of anilines is 2. The molecule has 0 spiro atoms. The number of thiophene rings is 1. The second-order valence-corrected chi connectivity index (χ2v) is 7.10. The summed E-state index contributed by atoms with van der Waals surface area (Å²) < 4.78 is 5.33. The van der Waals surface area contributed by atoms with Crippen LogP contribution in [0.1, 0.15) is 15.2 Å². The molecule has 0 aliphatic heterocycles. The van der Waals surface area contributed by atoms with Crippen molar-refractivity contribution in [2.75, 3.05) is 17.7 Å². The summed E-state index contributed by atoms with van der Waals surface area (Å²) in [6, 6.07) is 15.7. The topological polar surface area (TPSA) is 67.4 Å². The monoisotopic (exact) mass is 412 g/mol. The summed E-state index contributed by atoms with van der Waals surface area (Å²) >= 11 is 7.20. The number of amides is 2. The standard InChI is InChI=1S/C21H17ClN2O3S/c1-27-18-13-16(9-10-17(18)24-21(26)19-3-2-12-28-19)23-20(25)11-6-14-4-7-15(22)8-5-14/h2-13H,1H3,(H,23,25)(H,24,26)/b11-6+. The van der Waals surface area contributed by atoms with Gasteiger partial charge in [0.1, 0.15) is 5.75 Å². The number of ether oxygens (including phenoxy) is 1. The third-order valence-electron chi connectivity index (χ3n) is 3.76. The molecule has 2 amide bonds. The van der Waals surface area contributed by atoms with E-state index in [1.165, 1.54) is 24.5 Å². The molecule has 2 N–H and O–H groups in total. The Balaban J connectivity index is 1.66. The highest BCUT2D eigenvalue weighted by atomic mass is 35.5. The van der Waals surface area contributed by atoms with Crippen LogP contribution in [0.3, 0.4) is 0 Å². The number of nitrogens with one attached hydrogen (secondary N) is 2. The van der Waals surface area contributed by atoms with Gasteiger partial charge in [0, 0.05) is 22.9 Å². The molecule has 7 heteroatoms. The lowest BCUT2D eigenvalue weighted by Gasteiger charge is -2.11. The third kappa shape index (κ3) is 5.22.